The molecule has 0 atom stereocenters. The third kappa shape index (κ3) is 2.60. The Kier molecular flexibility index (Phi) is 3.30. The number of rotatable bonds is 2. The van der Waals surface area contributed by atoms with Crippen LogP contribution in [0.3, 0.4) is 0 Å². The first-order valence-electron chi connectivity index (χ1n) is 6.33. The monoisotopic (exact) mass is 260 g/mol. The van der Waals surface area contributed by atoms with Crippen molar-refractivity contribution in [3.05, 3.63) is 77.0 Å². The van der Waals surface area contributed by atoms with Gasteiger partial charge in [0, 0.05) is 5.56 Å². The molecule has 0 aromatic heterocycles. The maximum Gasteiger partial charge on any atom is 0.222 e. The second kappa shape index (κ2) is 5.41. The Bertz CT molecular complexity index is 707. The normalized spacial score (nSPS) is 15.6. The van der Waals surface area contributed by atoms with Crippen LogP contribution in [0, 0.1) is 11.3 Å². The van der Waals surface area contributed by atoms with Gasteiger partial charge in [-0.3, -0.25) is 0 Å². The van der Waals surface area contributed by atoms with Crippen molar-refractivity contribution in [2.45, 2.75) is 0 Å². The van der Waals surface area contributed by atoms with Crippen LogP contribution in [0.25, 0.3) is 6.08 Å². The Morgan fingerprint density at radius 3 is 2.50 bits per heavy atom. The lowest BCUT2D eigenvalue weighted by Crippen LogP contribution is -1.99. The molecule has 2 aromatic carbocycles. The second-order valence-electron chi connectivity index (χ2n) is 4.43. The minimum atomic E-state index is 0.546. The molecule has 2 aromatic rings. The molecule has 0 saturated carbocycles. The quantitative estimate of drug-likeness (QED) is 0.831. The first-order valence-corrected chi connectivity index (χ1v) is 6.33. The van der Waals surface area contributed by atoms with E-state index in [0.29, 0.717) is 18.0 Å². The lowest BCUT2D eigenvalue weighted by Gasteiger charge is -2.02. The summed E-state index contributed by atoms with van der Waals surface area (Å²) in [7, 11) is 0. The molecule has 0 unspecified atom stereocenters. The molecule has 0 saturated heterocycles. The summed E-state index contributed by atoms with van der Waals surface area (Å²) in [4.78, 5) is 4.39. The van der Waals surface area contributed by atoms with Crippen LogP contribution in [0.2, 0.25) is 0 Å². The number of hydrogen-bond acceptors (Lipinski definition) is 3. The van der Waals surface area contributed by atoms with Crippen LogP contribution in [-0.2, 0) is 4.74 Å². The molecular formula is C17H12N2O. The van der Waals surface area contributed by atoms with Gasteiger partial charge < -0.3 is 4.74 Å². The van der Waals surface area contributed by atoms with E-state index in [9.17, 15) is 0 Å². The highest BCUT2D eigenvalue weighted by molar-refractivity contribution is 5.96. The van der Waals surface area contributed by atoms with Crippen molar-refractivity contribution in [3.63, 3.8) is 0 Å². The average Bonchev–Trinajstić information content (AvgIpc) is 2.97. The topological polar surface area (TPSA) is 45.4 Å². The van der Waals surface area contributed by atoms with Crippen molar-refractivity contribution in [1.29, 1.82) is 5.26 Å². The molecule has 0 radical (unpaired) electrons. The summed E-state index contributed by atoms with van der Waals surface area (Å²) < 4.78 is 5.75. The molecule has 0 N–H and O–H groups in total. The zero-order chi connectivity index (χ0) is 13.8. The molecule has 1 aliphatic heterocycles. The van der Waals surface area contributed by atoms with E-state index in [-0.39, 0.29) is 0 Å². The van der Waals surface area contributed by atoms with Gasteiger partial charge in [-0.15, -0.1) is 0 Å². The van der Waals surface area contributed by atoms with Crippen LogP contribution in [-0.4, -0.2) is 12.4 Å². The Labute approximate surface area is 117 Å². The van der Waals surface area contributed by atoms with Gasteiger partial charge >= 0.3 is 0 Å². The van der Waals surface area contributed by atoms with Crippen molar-refractivity contribution in [2.75, 3.05) is 6.54 Å². The molecule has 3 rings (SSSR count). The van der Waals surface area contributed by atoms with Gasteiger partial charge in [0.25, 0.3) is 0 Å². The number of nitriles is 1. The molecule has 3 nitrogen and oxygen atoms in total. The molecule has 20 heavy (non-hydrogen) atoms. The van der Waals surface area contributed by atoms with E-state index in [4.69, 9.17) is 10.00 Å². The summed E-state index contributed by atoms with van der Waals surface area (Å²) in [6.45, 7) is 0.546. The number of aliphatic imine (C=N–C) groups is 1. The summed E-state index contributed by atoms with van der Waals surface area (Å²) in [6, 6.07) is 19.3. The molecule has 0 bridgehead atoms. The molecule has 3 heteroatoms. The number of hydrogen-bond donors (Lipinski definition) is 0. The highest BCUT2D eigenvalue weighted by Crippen LogP contribution is 2.18. The molecule has 96 valence electrons. The zero-order valence-electron chi connectivity index (χ0n) is 10.8. The van der Waals surface area contributed by atoms with E-state index in [0.717, 1.165) is 16.9 Å². The Morgan fingerprint density at radius 1 is 1.05 bits per heavy atom. The lowest BCUT2D eigenvalue weighted by atomic mass is 10.1. The Morgan fingerprint density at radius 2 is 1.80 bits per heavy atom. The summed E-state index contributed by atoms with van der Waals surface area (Å²) >= 11 is 0. The van der Waals surface area contributed by atoms with Crippen LogP contribution in [0.4, 0.5) is 0 Å². The van der Waals surface area contributed by atoms with E-state index in [2.05, 4.69) is 11.1 Å². The molecular weight excluding hydrogens is 248 g/mol. The first kappa shape index (κ1) is 12.2. The van der Waals surface area contributed by atoms with Crippen LogP contribution >= 0.6 is 0 Å². The van der Waals surface area contributed by atoms with Crippen molar-refractivity contribution in [2.24, 2.45) is 4.99 Å². The Hall–Kier alpha value is -2.86. The molecule has 1 heterocycles. The SMILES string of the molecule is N#Cc1ccc(/C=C2/CN=C(c3ccccc3)O2)cc1. The minimum Gasteiger partial charge on any atom is -0.441 e. The van der Waals surface area contributed by atoms with Gasteiger partial charge in [0.05, 0.1) is 11.6 Å². The van der Waals surface area contributed by atoms with Crippen LogP contribution in [0.1, 0.15) is 16.7 Å². The average molecular weight is 260 g/mol. The standard InChI is InChI=1S/C17H12N2O/c18-11-14-8-6-13(7-9-14)10-16-12-19-17(20-16)15-4-2-1-3-5-15/h1-10H,12H2/b16-10-. The maximum absolute atomic E-state index is 8.77. The van der Waals surface area contributed by atoms with E-state index < -0.39 is 0 Å². The van der Waals surface area contributed by atoms with Gasteiger partial charge in [0.2, 0.25) is 5.90 Å². The van der Waals surface area contributed by atoms with Crippen molar-refractivity contribution < 1.29 is 4.74 Å². The summed E-state index contributed by atoms with van der Waals surface area (Å²) in [6.07, 6.45) is 1.95. The van der Waals surface area contributed by atoms with Crippen LogP contribution in [0.5, 0.6) is 0 Å². The summed E-state index contributed by atoms with van der Waals surface area (Å²) in [5.41, 5.74) is 2.64. The third-order valence-corrected chi connectivity index (χ3v) is 2.99. The fraction of sp³-hybridized carbons (Fsp3) is 0.0588. The summed E-state index contributed by atoms with van der Waals surface area (Å²) in [5.74, 6) is 1.47. The highest BCUT2D eigenvalue weighted by atomic mass is 16.5. The van der Waals surface area contributed by atoms with Gasteiger partial charge in [-0.05, 0) is 35.9 Å². The molecule has 0 amide bonds. The van der Waals surface area contributed by atoms with Gasteiger partial charge in [-0.2, -0.15) is 5.26 Å². The zero-order valence-corrected chi connectivity index (χ0v) is 10.8. The van der Waals surface area contributed by atoms with Crippen LogP contribution in [0.15, 0.2) is 65.3 Å². The molecule has 0 aliphatic carbocycles. The van der Waals surface area contributed by atoms with Crippen molar-refractivity contribution >= 4 is 12.0 Å². The largest absolute Gasteiger partial charge is 0.441 e. The fourth-order valence-electron chi connectivity index (χ4n) is 1.98. The second-order valence-corrected chi connectivity index (χ2v) is 4.43. The molecule has 0 spiro atoms. The fourth-order valence-corrected chi connectivity index (χ4v) is 1.98. The van der Waals surface area contributed by atoms with Gasteiger partial charge in [0.15, 0.2) is 0 Å². The predicted molar refractivity (Wildman–Crippen MR) is 78.1 cm³/mol. The summed E-state index contributed by atoms with van der Waals surface area (Å²) in [5, 5.41) is 8.77. The lowest BCUT2D eigenvalue weighted by molar-refractivity contribution is 0.445. The maximum atomic E-state index is 8.77. The van der Waals surface area contributed by atoms with Gasteiger partial charge in [-0.25, -0.2) is 4.99 Å². The van der Waals surface area contributed by atoms with Gasteiger partial charge in [0.1, 0.15) is 12.3 Å². The highest BCUT2D eigenvalue weighted by Gasteiger charge is 2.14. The van der Waals surface area contributed by atoms with Crippen LogP contribution < -0.4 is 0 Å². The predicted octanol–water partition coefficient (Wildman–Crippen LogP) is 3.38. The number of nitrogens with zero attached hydrogens (tertiary/aromatic N) is 2. The number of ether oxygens (including phenoxy) is 1. The third-order valence-electron chi connectivity index (χ3n) is 2.99. The molecule has 1 aliphatic rings. The van der Waals surface area contributed by atoms with Crippen molar-refractivity contribution in [1.82, 2.24) is 0 Å². The molecule has 0 fully saturated rings. The van der Waals surface area contributed by atoms with E-state index >= 15 is 0 Å². The van der Waals surface area contributed by atoms with E-state index in [1.54, 1.807) is 12.1 Å². The smallest absolute Gasteiger partial charge is 0.222 e. The first-order chi connectivity index (χ1) is 9.85. The van der Waals surface area contributed by atoms with Gasteiger partial charge in [-0.1, -0.05) is 30.3 Å². The Balaban J connectivity index is 1.75. The van der Waals surface area contributed by atoms with E-state index in [1.807, 2.05) is 48.5 Å². The van der Waals surface area contributed by atoms with Crippen molar-refractivity contribution in [3.8, 4) is 6.07 Å². The minimum absolute atomic E-state index is 0.546. The number of benzene rings is 2. The van der Waals surface area contributed by atoms with E-state index in [1.165, 1.54) is 0 Å².